The van der Waals surface area contributed by atoms with Gasteiger partial charge in [-0.2, -0.15) is 4.99 Å². The highest BCUT2D eigenvalue weighted by molar-refractivity contribution is 7.46. The molecule has 0 unspecified atom stereocenters. The summed E-state index contributed by atoms with van der Waals surface area (Å²) in [6.07, 6.45) is -3.74. The monoisotopic (exact) mass is 361 g/mol. The number of guanidine groups is 1. The van der Waals surface area contributed by atoms with Gasteiger partial charge in [0.2, 0.25) is 0 Å². The number of aromatic nitrogens is 2. The van der Waals surface area contributed by atoms with Gasteiger partial charge in [-0.25, -0.2) is 9.55 Å². The fourth-order valence-corrected chi connectivity index (χ4v) is 2.83. The van der Waals surface area contributed by atoms with Gasteiger partial charge in [-0.3, -0.25) is 9.09 Å². The first-order valence-electron chi connectivity index (χ1n) is 6.76. The van der Waals surface area contributed by atoms with Crippen LogP contribution in [0.1, 0.15) is 11.9 Å². The normalized spacial score (nSPS) is 30.0. The maximum atomic E-state index is 10.8. The number of nitrogens with zero attached hydrogens (tertiary/aromatic N) is 3. The number of nitrogens with one attached hydrogen (secondary N) is 1. The summed E-state index contributed by atoms with van der Waals surface area (Å²) in [5.74, 6) is 0.340. The molecular weight excluding hydrogens is 345 g/mol. The van der Waals surface area contributed by atoms with Crippen molar-refractivity contribution in [2.24, 2.45) is 10.7 Å². The Bertz CT molecular complexity index is 743. The lowest BCUT2D eigenvalue weighted by Crippen LogP contribution is -2.34. The molecule has 132 valence electrons. The number of phosphoric ester groups is 1. The molecule has 2 aliphatic rings. The van der Waals surface area contributed by atoms with Gasteiger partial charge in [-0.1, -0.05) is 6.58 Å². The molecular formula is C11H16N5O7P. The van der Waals surface area contributed by atoms with Crippen LogP contribution >= 0.6 is 7.82 Å². The first kappa shape index (κ1) is 17.0. The lowest BCUT2D eigenvalue weighted by Gasteiger charge is -2.20. The number of imidazole rings is 1. The van der Waals surface area contributed by atoms with Gasteiger partial charge < -0.3 is 35.8 Å². The number of aliphatic hydroxyl groups is 2. The Balaban J connectivity index is 1.84. The molecule has 2 aliphatic heterocycles. The summed E-state index contributed by atoms with van der Waals surface area (Å²) in [5, 5.41) is 22.9. The van der Waals surface area contributed by atoms with E-state index in [0.717, 1.165) is 0 Å². The van der Waals surface area contributed by atoms with Gasteiger partial charge in [0.1, 0.15) is 24.0 Å². The van der Waals surface area contributed by atoms with E-state index >= 15 is 0 Å². The third-order valence-corrected chi connectivity index (χ3v) is 4.06. The van der Waals surface area contributed by atoms with Crippen molar-refractivity contribution < 1.29 is 33.8 Å². The Hall–Kier alpha value is -1.79. The van der Waals surface area contributed by atoms with Gasteiger partial charge in [0.05, 0.1) is 18.6 Å². The fraction of sp³-hybridized carbons (Fsp3) is 0.455. The lowest BCUT2D eigenvalue weighted by molar-refractivity contribution is -0.0512. The van der Waals surface area contributed by atoms with Crippen molar-refractivity contribution in [1.29, 1.82) is 0 Å². The molecule has 3 rings (SSSR count). The van der Waals surface area contributed by atoms with E-state index in [1.807, 2.05) is 0 Å². The summed E-state index contributed by atoms with van der Waals surface area (Å²) in [6.45, 7) is 3.14. The van der Waals surface area contributed by atoms with E-state index in [-0.39, 0.29) is 11.8 Å². The topological polar surface area (TPSA) is 185 Å². The Morgan fingerprint density at radius 1 is 1.46 bits per heavy atom. The van der Waals surface area contributed by atoms with Crippen LogP contribution in [0, 0.1) is 0 Å². The first-order chi connectivity index (χ1) is 11.2. The highest BCUT2D eigenvalue weighted by Crippen LogP contribution is 2.40. The van der Waals surface area contributed by atoms with Crippen LogP contribution in [-0.4, -0.2) is 60.4 Å². The van der Waals surface area contributed by atoms with E-state index < -0.39 is 39.0 Å². The van der Waals surface area contributed by atoms with E-state index in [1.165, 1.54) is 10.9 Å². The predicted molar refractivity (Wildman–Crippen MR) is 79.6 cm³/mol. The highest BCUT2D eigenvalue weighted by atomic mass is 31.2. The molecule has 24 heavy (non-hydrogen) atoms. The van der Waals surface area contributed by atoms with Crippen molar-refractivity contribution in [3.63, 3.8) is 0 Å². The van der Waals surface area contributed by atoms with Gasteiger partial charge in [-0.15, -0.1) is 0 Å². The first-order valence-corrected chi connectivity index (χ1v) is 8.29. The molecule has 1 fully saturated rings. The molecule has 4 atom stereocenters. The minimum Gasteiger partial charge on any atom is -0.387 e. The molecule has 0 aromatic carbocycles. The van der Waals surface area contributed by atoms with Gasteiger partial charge in [0, 0.05) is 0 Å². The van der Waals surface area contributed by atoms with Crippen LogP contribution in [0.15, 0.2) is 17.9 Å². The number of aliphatic hydroxyl groups excluding tert-OH is 2. The second-order valence-electron chi connectivity index (χ2n) is 5.26. The summed E-state index contributed by atoms with van der Waals surface area (Å²) in [5.41, 5.74) is 6.43. The minimum absolute atomic E-state index is 0.0728. The Kier molecular flexibility index (Phi) is 4.21. The molecule has 7 N–H and O–H groups in total. The number of hydrogen-bond donors (Lipinski definition) is 6. The van der Waals surface area contributed by atoms with Crippen molar-refractivity contribution in [2.75, 3.05) is 6.61 Å². The third kappa shape index (κ3) is 3.08. The van der Waals surface area contributed by atoms with Crippen LogP contribution in [0.2, 0.25) is 0 Å². The van der Waals surface area contributed by atoms with E-state index in [4.69, 9.17) is 20.3 Å². The SMILES string of the molecule is C=C1NC(N)=Nc2c1ncn2[C@@H]1O[C@H](COP(=O)(O)O)[C@@H](O)[C@H]1O. The van der Waals surface area contributed by atoms with Crippen molar-refractivity contribution >= 4 is 25.3 Å². The number of nitrogens with two attached hydrogens (primary N) is 1. The number of ether oxygens (including phenoxy) is 1. The average molecular weight is 361 g/mol. The van der Waals surface area contributed by atoms with E-state index in [2.05, 4.69) is 26.4 Å². The Morgan fingerprint density at radius 2 is 2.17 bits per heavy atom. The van der Waals surface area contributed by atoms with Gasteiger partial charge in [-0.05, 0) is 0 Å². The van der Waals surface area contributed by atoms with Gasteiger partial charge in [0.25, 0.3) is 0 Å². The molecule has 1 aromatic rings. The summed E-state index contributed by atoms with van der Waals surface area (Å²) < 4.78 is 21.9. The second kappa shape index (κ2) is 5.93. The Morgan fingerprint density at radius 3 is 2.83 bits per heavy atom. The van der Waals surface area contributed by atoms with E-state index in [0.29, 0.717) is 11.4 Å². The maximum absolute atomic E-state index is 10.8. The zero-order chi connectivity index (χ0) is 17.6. The summed E-state index contributed by atoms with van der Waals surface area (Å²) in [6, 6.07) is 0. The predicted octanol–water partition coefficient (Wildman–Crippen LogP) is -1.87. The smallest absolute Gasteiger partial charge is 0.387 e. The van der Waals surface area contributed by atoms with Crippen LogP contribution in [0.4, 0.5) is 5.82 Å². The number of rotatable bonds is 4. The molecule has 0 spiro atoms. The largest absolute Gasteiger partial charge is 0.469 e. The molecule has 13 heteroatoms. The van der Waals surface area contributed by atoms with Crippen LogP contribution in [0.3, 0.4) is 0 Å². The molecule has 0 radical (unpaired) electrons. The molecule has 0 saturated carbocycles. The molecule has 3 heterocycles. The molecule has 1 aromatic heterocycles. The zero-order valence-electron chi connectivity index (χ0n) is 12.2. The molecule has 0 amide bonds. The van der Waals surface area contributed by atoms with Crippen molar-refractivity contribution in [1.82, 2.24) is 14.9 Å². The summed E-state index contributed by atoms with van der Waals surface area (Å²) >= 11 is 0. The van der Waals surface area contributed by atoms with E-state index in [1.54, 1.807) is 0 Å². The summed E-state index contributed by atoms with van der Waals surface area (Å²) in [4.78, 5) is 25.6. The molecule has 1 saturated heterocycles. The van der Waals surface area contributed by atoms with E-state index in [9.17, 15) is 14.8 Å². The third-order valence-electron chi connectivity index (χ3n) is 3.58. The van der Waals surface area contributed by atoms with Crippen LogP contribution in [0.25, 0.3) is 5.70 Å². The Labute approximate surface area is 135 Å². The average Bonchev–Trinajstić information content (AvgIpc) is 3.00. The second-order valence-corrected chi connectivity index (χ2v) is 6.50. The number of fused-ring (bicyclic) bond motifs is 1. The van der Waals surface area contributed by atoms with Gasteiger partial charge in [0.15, 0.2) is 18.0 Å². The lowest BCUT2D eigenvalue weighted by atomic mass is 10.1. The van der Waals surface area contributed by atoms with Gasteiger partial charge >= 0.3 is 7.82 Å². The number of phosphoric acid groups is 1. The van der Waals surface area contributed by atoms with Crippen molar-refractivity contribution in [3.8, 4) is 0 Å². The molecule has 0 aliphatic carbocycles. The zero-order valence-corrected chi connectivity index (χ0v) is 13.1. The van der Waals surface area contributed by atoms with Crippen LogP contribution in [-0.2, 0) is 13.8 Å². The minimum atomic E-state index is -4.73. The van der Waals surface area contributed by atoms with Crippen LogP contribution in [0.5, 0.6) is 0 Å². The quantitative estimate of drug-likeness (QED) is 0.332. The fourth-order valence-electron chi connectivity index (χ4n) is 2.49. The maximum Gasteiger partial charge on any atom is 0.469 e. The van der Waals surface area contributed by atoms with Crippen LogP contribution < -0.4 is 11.1 Å². The summed E-state index contributed by atoms with van der Waals surface area (Å²) in [7, 11) is -4.73. The van der Waals surface area contributed by atoms with Crippen molar-refractivity contribution in [2.45, 2.75) is 24.5 Å². The number of hydrogen-bond acceptors (Lipinski definition) is 9. The number of aliphatic imine (C=N–C) groups is 1. The highest BCUT2D eigenvalue weighted by Gasteiger charge is 2.45. The molecule has 12 nitrogen and oxygen atoms in total. The van der Waals surface area contributed by atoms with Crippen molar-refractivity contribution in [3.05, 3.63) is 18.6 Å². The molecule has 0 bridgehead atoms. The standard InChI is InChI=1S/C11H16N5O7P/c1-4-6-9(15-11(12)14-4)16(3-13-6)10-8(18)7(17)5(23-10)2-22-24(19,20)21/h3,5,7-8,10,17-18H,1-2H2,(H3,12,14,15)(H2,19,20,21)/t5-,7-,8-,10-/m1/s1.